The number of piperidine rings is 1. The molecule has 0 unspecified atom stereocenters. The summed E-state index contributed by atoms with van der Waals surface area (Å²) in [6.07, 6.45) is 6.30. The van der Waals surface area contributed by atoms with Crippen LogP contribution in [0.15, 0.2) is 47.3 Å². The minimum Gasteiger partial charge on any atom is -0.472 e. The predicted octanol–water partition coefficient (Wildman–Crippen LogP) is 3.45. The van der Waals surface area contributed by atoms with Gasteiger partial charge in [-0.1, -0.05) is 24.3 Å². The Kier molecular flexibility index (Phi) is 7.07. The molecule has 1 aromatic heterocycles. The predicted molar refractivity (Wildman–Crippen MR) is 106 cm³/mol. The number of furan rings is 1. The van der Waals surface area contributed by atoms with E-state index in [0.717, 1.165) is 52.0 Å². The van der Waals surface area contributed by atoms with Crippen molar-refractivity contribution in [1.82, 2.24) is 9.80 Å². The second-order valence-electron chi connectivity index (χ2n) is 7.50. The Labute approximate surface area is 161 Å². The molecule has 5 nitrogen and oxygen atoms in total. The van der Waals surface area contributed by atoms with Crippen molar-refractivity contribution in [2.75, 3.05) is 40.4 Å². The van der Waals surface area contributed by atoms with Crippen LogP contribution in [0.5, 0.6) is 0 Å². The van der Waals surface area contributed by atoms with E-state index in [9.17, 15) is 4.79 Å². The minimum atomic E-state index is 0.0872. The van der Waals surface area contributed by atoms with Gasteiger partial charge in [-0.2, -0.15) is 0 Å². The summed E-state index contributed by atoms with van der Waals surface area (Å²) in [5.74, 6) is 0.734. The molecule has 0 aliphatic carbocycles. The third kappa shape index (κ3) is 5.68. The molecule has 1 aliphatic rings. The zero-order valence-electron chi connectivity index (χ0n) is 16.4. The first kappa shape index (κ1) is 19.6. The van der Waals surface area contributed by atoms with Crippen molar-refractivity contribution in [2.45, 2.75) is 25.8 Å². The number of carbonyl (C=O) groups is 1. The first-order valence-corrected chi connectivity index (χ1v) is 9.72. The highest BCUT2D eigenvalue weighted by Crippen LogP contribution is 2.23. The second kappa shape index (κ2) is 9.72. The van der Waals surface area contributed by atoms with Crippen LogP contribution in [-0.4, -0.2) is 56.1 Å². The SMILES string of the molecule is COCCN(C)Cc1ccc(CC2CCN(C(=O)c3ccoc3)CC2)cc1. The molecular formula is C22H30N2O3. The number of amides is 1. The standard InChI is InChI=1S/C22H30N2O3/c1-23(12-14-26-2)16-20-5-3-18(4-6-20)15-19-7-10-24(11-8-19)22(25)21-9-13-27-17-21/h3-6,9,13,17,19H,7-8,10-12,14-16H2,1-2H3. The lowest BCUT2D eigenvalue weighted by molar-refractivity contribution is 0.0690. The molecule has 5 heteroatoms. The summed E-state index contributed by atoms with van der Waals surface area (Å²) < 4.78 is 10.1. The zero-order valence-corrected chi connectivity index (χ0v) is 16.4. The number of methoxy groups -OCH3 is 1. The van der Waals surface area contributed by atoms with Crippen molar-refractivity contribution in [3.63, 3.8) is 0 Å². The molecule has 0 atom stereocenters. The summed E-state index contributed by atoms with van der Waals surface area (Å²) in [5.41, 5.74) is 3.37. The lowest BCUT2D eigenvalue weighted by atomic mass is 9.89. The van der Waals surface area contributed by atoms with Crippen LogP contribution < -0.4 is 0 Å². The molecule has 0 saturated carbocycles. The van der Waals surface area contributed by atoms with E-state index in [1.165, 1.54) is 17.4 Å². The molecule has 2 heterocycles. The van der Waals surface area contributed by atoms with Gasteiger partial charge in [-0.25, -0.2) is 0 Å². The molecule has 0 spiro atoms. The van der Waals surface area contributed by atoms with Gasteiger partial charge in [-0.05, 0) is 49.4 Å². The van der Waals surface area contributed by atoms with Crippen LogP contribution in [-0.2, 0) is 17.7 Å². The zero-order chi connectivity index (χ0) is 19.1. The third-order valence-electron chi connectivity index (χ3n) is 5.35. The number of hydrogen-bond donors (Lipinski definition) is 0. The van der Waals surface area contributed by atoms with E-state index >= 15 is 0 Å². The summed E-state index contributed by atoms with van der Waals surface area (Å²) in [6.45, 7) is 4.30. The molecule has 0 radical (unpaired) electrons. The maximum Gasteiger partial charge on any atom is 0.257 e. The van der Waals surface area contributed by atoms with Gasteiger partial charge in [0.2, 0.25) is 0 Å². The molecule has 1 amide bonds. The van der Waals surface area contributed by atoms with Gasteiger partial charge < -0.3 is 14.1 Å². The average molecular weight is 370 g/mol. The van der Waals surface area contributed by atoms with E-state index in [1.807, 2.05) is 4.90 Å². The Balaban J connectivity index is 1.44. The van der Waals surface area contributed by atoms with Crippen molar-refractivity contribution < 1.29 is 13.9 Å². The Morgan fingerprint density at radius 2 is 1.89 bits per heavy atom. The number of likely N-dealkylation sites (tertiary alicyclic amines) is 1. The fourth-order valence-electron chi connectivity index (χ4n) is 3.66. The van der Waals surface area contributed by atoms with Crippen molar-refractivity contribution in [3.05, 3.63) is 59.5 Å². The normalized spacial score (nSPS) is 15.4. The van der Waals surface area contributed by atoms with Crippen molar-refractivity contribution >= 4 is 5.91 Å². The molecule has 1 aliphatic heterocycles. The molecule has 1 saturated heterocycles. The first-order chi connectivity index (χ1) is 13.2. The molecule has 2 aromatic rings. The monoisotopic (exact) mass is 370 g/mol. The van der Waals surface area contributed by atoms with Gasteiger partial charge in [0.15, 0.2) is 0 Å². The van der Waals surface area contributed by atoms with Gasteiger partial charge in [0.05, 0.1) is 18.4 Å². The van der Waals surface area contributed by atoms with E-state index in [1.54, 1.807) is 19.4 Å². The summed E-state index contributed by atoms with van der Waals surface area (Å²) in [7, 11) is 3.85. The quantitative estimate of drug-likeness (QED) is 0.714. The number of carbonyl (C=O) groups excluding carboxylic acids is 1. The van der Waals surface area contributed by atoms with Crippen LogP contribution >= 0.6 is 0 Å². The van der Waals surface area contributed by atoms with Gasteiger partial charge in [0, 0.05) is 33.3 Å². The largest absolute Gasteiger partial charge is 0.472 e. The fourth-order valence-corrected chi connectivity index (χ4v) is 3.66. The molecule has 27 heavy (non-hydrogen) atoms. The Hall–Kier alpha value is -2.11. The summed E-state index contributed by atoms with van der Waals surface area (Å²) in [6, 6.07) is 10.7. The molecule has 0 N–H and O–H groups in total. The molecule has 1 fully saturated rings. The lowest BCUT2D eigenvalue weighted by Crippen LogP contribution is -2.38. The van der Waals surface area contributed by atoms with Crippen LogP contribution in [0, 0.1) is 5.92 Å². The highest BCUT2D eigenvalue weighted by molar-refractivity contribution is 5.93. The summed E-state index contributed by atoms with van der Waals surface area (Å²) in [5, 5.41) is 0. The number of ether oxygens (including phenoxy) is 1. The number of hydrogen-bond acceptors (Lipinski definition) is 4. The fraction of sp³-hybridized carbons (Fsp3) is 0.500. The maximum atomic E-state index is 12.4. The van der Waals surface area contributed by atoms with Crippen molar-refractivity contribution in [2.24, 2.45) is 5.92 Å². The molecule has 0 bridgehead atoms. The third-order valence-corrected chi connectivity index (χ3v) is 5.35. The first-order valence-electron chi connectivity index (χ1n) is 9.72. The smallest absolute Gasteiger partial charge is 0.257 e. The number of likely N-dealkylation sites (N-methyl/N-ethyl adjacent to an activating group) is 1. The van der Waals surface area contributed by atoms with E-state index in [4.69, 9.17) is 9.15 Å². The van der Waals surface area contributed by atoms with Gasteiger partial charge >= 0.3 is 0 Å². The second-order valence-corrected chi connectivity index (χ2v) is 7.50. The molecule has 146 valence electrons. The van der Waals surface area contributed by atoms with Crippen LogP contribution in [0.1, 0.15) is 34.3 Å². The highest BCUT2D eigenvalue weighted by Gasteiger charge is 2.24. The maximum absolute atomic E-state index is 12.4. The lowest BCUT2D eigenvalue weighted by Gasteiger charge is -2.32. The Morgan fingerprint density at radius 3 is 2.52 bits per heavy atom. The molecular weight excluding hydrogens is 340 g/mol. The average Bonchev–Trinajstić information content (AvgIpc) is 3.23. The Bertz CT molecular complexity index is 689. The summed E-state index contributed by atoms with van der Waals surface area (Å²) >= 11 is 0. The van der Waals surface area contributed by atoms with E-state index < -0.39 is 0 Å². The van der Waals surface area contributed by atoms with Crippen molar-refractivity contribution in [1.29, 1.82) is 0 Å². The molecule has 1 aromatic carbocycles. The molecule has 3 rings (SSSR count). The van der Waals surface area contributed by atoms with E-state index in [0.29, 0.717) is 11.5 Å². The topological polar surface area (TPSA) is 45.9 Å². The number of nitrogens with zero attached hydrogens (tertiary/aromatic N) is 2. The van der Waals surface area contributed by atoms with Gasteiger partial charge in [0.25, 0.3) is 5.91 Å². The van der Waals surface area contributed by atoms with Gasteiger partial charge in [-0.15, -0.1) is 0 Å². The van der Waals surface area contributed by atoms with Crippen LogP contribution in [0.4, 0.5) is 0 Å². The van der Waals surface area contributed by atoms with Crippen LogP contribution in [0.2, 0.25) is 0 Å². The van der Waals surface area contributed by atoms with Crippen molar-refractivity contribution in [3.8, 4) is 0 Å². The number of rotatable bonds is 8. The van der Waals surface area contributed by atoms with Gasteiger partial charge in [-0.3, -0.25) is 9.69 Å². The van der Waals surface area contributed by atoms with E-state index in [2.05, 4.69) is 36.2 Å². The van der Waals surface area contributed by atoms with Crippen LogP contribution in [0.3, 0.4) is 0 Å². The van der Waals surface area contributed by atoms with Gasteiger partial charge in [0.1, 0.15) is 6.26 Å². The van der Waals surface area contributed by atoms with Crippen LogP contribution in [0.25, 0.3) is 0 Å². The highest BCUT2D eigenvalue weighted by atomic mass is 16.5. The summed E-state index contributed by atoms with van der Waals surface area (Å²) in [4.78, 5) is 16.6. The minimum absolute atomic E-state index is 0.0872. The number of benzene rings is 1. The van der Waals surface area contributed by atoms with E-state index in [-0.39, 0.29) is 5.91 Å². The Morgan fingerprint density at radius 1 is 1.19 bits per heavy atom.